The van der Waals surface area contributed by atoms with Gasteiger partial charge in [0, 0.05) is 18.7 Å². The van der Waals surface area contributed by atoms with E-state index < -0.39 is 12.0 Å². The standard InChI is InChI=1S/C24H30N2O6/c1-13(2)25-23(27)21-15-11-19(31-6)20(32-7)12-16(15)24(28)26(3)22(21)14-8-9-17(29-4)18(10-14)30-5/h8-13,21-22H,1-7H3,(H,25,27)/t21-,22+/m0/s1. The summed E-state index contributed by atoms with van der Waals surface area (Å²) in [6.45, 7) is 3.80. The van der Waals surface area contributed by atoms with Crippen LogP contribution in [0, 0.1) is 0 Å². The van der Waals surface area contributed by atoms with Gasteiger partial charge in [-0.25, -0.2) is 0 Å². The molecule has 1 aliphatic heterocycles. The van der Waals surface area contributed by atoms with E-state index in [2.05, 4.69) is 5.32 Å². The largest absolute Gasteiger partial charge is 0.493 e. The van der Waals surface area contributed by atoms with Gasteiger partial charge < -0.3 is 29.2 Å². The monoisotopic (exact) mass is 442 g/mol. The van der Waals surface area contributed by atoms with Crippen LogP contribution in [0.5, 0.6) is 23.0 Å². The summed E-state index contributed by atoms with van der Waals surface area (Å²) in [5.74, 6) is 0.899. The number of rotatable bonds is 7. The molecule has 1 heterocycles. The van der Waals surface area contributed by atoms with Crippen molar-refractivity contribution in [2.75, 3.05) is 35.5 Å². The van der Waals surface area contributed by atoms with Gasteiger partial charge in [0.1, 0.15) is 0 Å². The van der Waals surface area contributed by atoms with Gasteiger partial charge in [0.2, 0.25) is 5.91 Å². The number of fused-ring (bicyclic) bond motifs is 1. The molecule has 0 aromatic heterocycles. The summed E-state index contributed by atoms with van der Waals surface area (Å²) in [6.07, 6.45) is 0. The van der Waals surface area contributed by atoms with E-state index in [1.165, 1.54) is 14.2 Å². The summed E-state index contributed by atoms with van der Waals surface area (Å²) < 4.78 is 21.7. The minimum atomic E-state index is -0.673. The second kappa shape index (κ2) is 9.38. The van der Waals surface area contributed by atoms with E-state index in [9.17, 15) is 9.59 Å². The average Bonchev–Trinajstić information content (AvgIpc) is 2.79. The highest BCUT2D eigenvalue weighted by atomic mass is 16.5. The van der Waals surface area contributed by atoms with Crippen molar-refractivity contribution in [1.29, 1.82) is 0 Å². The Morgan fingerprint density at radius 2 is 1.47 bits per heavy atom. The molecule has 8 heteroatoms. The maximum Gasteiger partial charge on any atom is 0.254 e. The Bertz CT molecular complexity index is 1020. The second-order valence-corrected chi connectivity index (χ2v) is 7.91. The second-order valence-electron chi connectivity index (χ2n) is 7.91. The van der Waals surface area contributed by atoms with Gasteiger partial charge in [-0.1, -0.05) is 6.07 Å². The van der Waals surface area contributed by atoms with Crippen molar-refractivity contribution in [2.45, 2.75) is 31.8 Å². The van der Waals surface area contributed by atoms with Crippen molar-refractivity contribution in [3.8, 4) is 23.0 Å². The van der Waals surface area contributed by atoms with Crippen LogP contribution in [0.4, 0.5) is 0 Å². The molecule has 0 spiro atoms. The SMILES string of the molecule is COc1ccc([C@@H]2[C@@H](C(=O)NC(C)C)c3cc(OC)c(OC)cc3C(=O)N2C)cc1OC. The molecule has 0 radical (unpaired) electrons. The fraction of sp³-hybridized carbons (Fsp3) is 0.417. The van der Waals surface area contributed by atoms with Gasteiger partial charge in [-0.15, -0.1) is 0 Å². The number of nitrogens with zero attached hydrogens (tertiary/aromatic N) is 1. The van der Waals surface area contributed by atoms with Crippen LogP contribution in [-0.2, 0) is 4.79 Å². The highest BCUT2D eigenvalue weighted by Gasteiger charge is 2.44. The van der Waals surface area contributed by atoms with Gasteiger partial charge in [-0.2, -0.15) is 0 Å². The molecule has 0 saturated heterocycles. The molecule has 2 aromatic rings. The number of methoxy groups -OCH3 is 4. The molecule has 0 saturated carbocycles. The van der Waals surface area contributed by atoms with Crippen molar-refractivity contribution in [1.82, 2.24) is 10.2 Å². The maximum atomic E-state index is 13.5. The predicted octanol–water partition coefficient (Wildman–Crippen LogP) is 3.16. The first-order valence-corrected chi connectivity index (χ1v) is 10.3. The number of carbonyl (C=O) groups is 2. The van der Waals surface area contributed by atoms with E-state index >= 15 is 0 Å². The molecular weight excluding hydrogens is 412 g/mol. The van der Waals surface area contributed by atoms with E-state index in [-0.39, 0.29) is 17.9 Å². The number of likely N-dealkylation sites (N-methyl/N-ethyl adjacent to an activating group) is 1. The average molecular weight is 443 g/mol. The molecule has 0 aliphatic carbocycles. The summed E-state index contributed by atoms with van der Waals surface area (Å²) in [4.78, 5) is 28.4. The number of nitrogens with one attached hydrogen (secondary N) is 1. The van der Waals surface area contributed by atoms with Crippen LogP contribution >= 0.6 is 0 Å². The minimum Gasteiger partial charge on any atom is -0.493 e. The van der Waals surface area contributed by atoms with Crippen LogP contribution in [0.2, 0.25) is 0 Å². The maximum absolute atomic E-state index is 13.5. The van der Waals surface area contributed by atoms with Crippen molar-refractivity contribution >= 4 is 11.8 Å². The summed E-state index contributed by atoms with van der Waals surface area (Å²) in [5, 5.41) is 3.00. The van der Waals surface area contributed by atoms with Crippen molar-refractivity contribution in [3.63, 3.8) is 0 Å². The first-order chi connectivity index (χ1) is 15.3. The first kappa shape index (κ1) is 23.2. The quantitative estimate of drug-likeness (QED) is 0.709. The summed E-state index contributed by atoms with van der Waals surface area (Å²) in [6, 6.07) is 8.14. The molecule has 2 amide bonds. The molecule has 32 heavy (non-hydrogen) atoms. The normalized spacial score (nSPS) is 17.6. The fourth-order valence-corrected chi connectivity index (χ4v) is 4.16. The Morgan fingerprint density at radius 1 is 0.906 bits per heavy atom. The van der Waals surface area contributed by atoms with Gasteiger partial charge in [-0.05, 0) is 49.2 Å². The molecule has 0 fully saturated rings. The van der Waals surface area contributed by atoms with Crippen LogP contribution in [-0.4, -0.2) is 58.2 Å². The highest BCUT2D eigenvalue weighted by molar-refractivity contribution is 6.02. The minimum absolute atomic E-state index is 0.0694. The molecule has 0 unspecified atom stereocenters. The van der Waals surface area contributed by atoms with Gasteiger partial charge in [0.25, 0.3) is 5.91 Å². The van der Waals surface area contributed by atoms with E-state index in [0.29, 0.717) is 34.1 Å². The van der Waals surface area contributed by atoms with Crippen LogP contribution in [0.15, 0.2) is 30.3 Å². The fourth-order valence-electron chi connectivity index (χ4n) is 4.16. The Hall–Kier alpha value is -3.42. The third-order valence-corrected chi connectivity index (χ3v) is 5.64. The molecule has 3 rings (SSSR count). The van der Waals surface area contributed by atoms with Gasteiger partial charge >= 0.3 is 0 Å². The lowest BCUT2D eigenvalue weighted by molar-refractivity contribution is -0.124. The van der Waals surface area contributed by atoms with Crippen molar-refractivity contribution in [3.05, 3.63) is 47.0 Å². The van der Waals surface area contributed by atoms with Crippen LogP contribution in [0.1, 0.15) is 47.3 Å². The molecule has 2 atom stereocenters. The Kier molecular flexibility index (Phi) is 6.81. The Balaban J connectivity index is 2.25. The summed E-state index contributed by atoms with van der Waals surface area (Å²) in [7, 11) is 7.83. The van der Waals surface area contributed by atoms with Crippen molar-refractivity contribution in [2.24, 2.45) is 0 Å². The zero-order valence-corrected chi connectivity index (χ0v) is 19.5. The molecule has 2 aromatic carbocycles. The van der Waals surface area contributed by atoms with Crippen LogP contribution in [0.25, 0.3) is 0 Å². The van der Waals surface area contributed by atoms with E-state index in [4.69, 9.17) is 18.9 Å². The molecule has 0 bridgehead atoms. The zero-order valence-electron chi connectivity index (χ0n) is 19.5. The molecule has 8 nitrogen and oxygen atoms in total. The number of benzene rings is 2. The molecular formula is C24H30N2O6. The Labute approximate surface area is 188 Å². The number of amides is 2. The molecule has 172 valence electrons. The van der Waals surface area contributed by atoms with Gasteiger partial charge in [0.15, 0.2) is 23.0 Å². The van der Waals surface area contributed by atoms with Crippen LogP contribution in [0.3, 0.4) is 0 Å². The lowest BCUT2D eigenvalue weighted by Crippen LogP contribution is -2.46. The molecule has 1 N–H and O–H groups in total. The predicted molar refractivity (Wildman–Crippen MR) is 120 cm³/mol. The first-order valence-electron chi connectivity index (χ1n) is 10.3. The topological polar surface area (TPSA) is 86.3 Å². The van der Waals surface area contributed by atoms with E-state index in [0.717, 1.165) is 5.56 Å². The lowest BCUT2D eigenvalue weighted by atomic mass is 9.79. The smallest absolute Gasteiger partial charge is 0.254 e. The van der Waals surface area contributed by atoms with E-state index in [1.807, 2.05) is 19.9 Å². The zero-order chi connectivity index (χ0) is 23.6. The van der Waals surface area contributed by atoms with E-state index in [1.54, 1.807) is 50.4 Å². The third-order valence-electron chi connectivity index (χ3n) is 5.64. The number of ether oxygens (including phenoxy) is 4. The Morgan fingerprint density at radius 3 is 2.03 bits per heavy atom. The summed E-state index contributed by atoms with van der Waals surface area (Å²) in [5.41, 5.74) is 1.75. The number of hydrogen-bond acceptors (Lipinski definition) is 6. The lowest BCUT2D eigenvalue weighted by Gasteiger charge is -2.40. The number of carbonyl (C=O) groups excluding carboxylic acids is 2. The third kappa shape index (κ3) is 4.04. The van der Waals surface area contributed by atoms with Crippen LogP contribution < -0.4 is 24.3 Å². The highest BCUT2D eigenvalue weighted by Crippen LogP contribution is 2.46. The van der Waals surface area contributed by atoms with Crippen molar-refractivity contribution < 1.29 is 28.5 Å². The molecule has 1 aliphatic rings. The van der Waals surface area contributed by atoms with Gasteiger partial charge in [-0.3, -0.25) is 9.59 Å². The van der Waals surface area contributed by atoms with Gasteiger partial charge in [0.05, 0.1) is 40.4 Å². The number of hydrogen-bond donors (Lipinski definition) is 1. The summed E-state index contributed by atoms with van der Waals surface area (Å²) >= 11 is 0.